The maximum absolute atomic E-state index is 12.3. The van der Waals surface area contributed by atoms with Gasteiger partial charge >= 0.3 is 0 Å². The Balaban J connectivity index is 2.05. The summed E-state index contributed by atoms with van der Waals surface area (Å²) in [5, 5.41) is 12.0. The van der Waals surface area contributed by atoms with Gasteiger partial charge in [-0.3, -0.25) is 4.79 Å². The summed E-state index contributed by atoms with van der Waals surface area (Å²) in [4.78, 5) is 12.3. The lowest BCUT2D eigenvalue weighted by atomic mass is 10.0. The standard InChI is InChI=1S/C16H20N2O/c1-12-10-13(11-17)8-9-15(12)16(19)18-14-6-4-2-3-5-7-14/h8-10,14H,2-7H2,1H3,(H,18,19). The highest BCUT2D eigenvalue weighted by Gasteiger charge is 2.16. The highest BCUT2D eigenvalue weighted by atomic mass is 16.1. The van der Waals surface area contributed by atoms with Gasteiger partial charge in [-0.05, 0) is 43.5 Å². The number of nitrogens with one attached hydrogen (secondary N) is 1. The Bertz CT molecular complexity index is 494. The first kappa shape index (κ1) is 13.6. The number of hydrogen-bond donors (Lipinski definition) is 1. The molecular formula is C16H20N2O. The molecule has 3 heteroatoms. The van der Waals surface area contributed by atoms with Crippen LogP contribution in [-0.4, -0.2) is 11.9 Å². The fourth-order valence-corrected chi connectivity index (χ4v) is 2.67. The highest BCUT2D eigenvalue weighted by molar-refractivity contribution is 5.95. The van der Waals surface area contributed by atoms with Crippen LogP contribution in [0.25, 0.3) is 0 Å². The van der Waals surface area contributed by atoms with Crippen LogP contribution in [0.5, 0.6) is 0 Å². The van der Waals surface area contributed by atoms with Crippen LogP contribution in [0.2, 0.25) is 0 Å². The molecule has 0 radical (unpaired) electrons. The number of amides is 1. The smallest absolute Gasteiger partial charge is 0.251 e. The second-order valence-corrected chi connectivity index (χ2v) is 5.30. The third kappa shape index (κ3) is 3.57. The maximum Gasteiger partial charge on any atom is 0.251 e. The van der Waals surface area contributed by atoms with Crippen LogP contribution in [0, 0.1) is 18.3 Å². The van der Waals surface area contributed by atoms with Crippen LogP contribution >= 0.6 is 0 Å². The molecule has 0 heterocycles. The lowest BCUT2D eigenvalue weighted by Gasteiger charge is -2.17. The molecule has 0 unspecified atom stereocenters. The topological polar surface area (TPSA) is 52.9 Å². The average molecular weight is 256 g/mol. The Morgan fingerprint density at radius 2 is 1.95 bits per heavy atom. The van der Waals surface area contributed by atoms with E-state index in [0.29, 0.717) is 17.2 Å². The Kier molecular flexibility index (Phi) is 4.57. The average Bonchev–Trinajstić information content (AvgIpc) is 2.67. The molecule has 1 saturated carbocycles. The molecule has 1 aromatic rings. The molecule has 1 fully saturated rings. The normalized spacial score (nSPS) is 16.4. The van der Waals surface area contributed by atoms with Crippen LogP contribution in [0.15, 0.2) is 18.2 Å². The number of carbonyl (C=O) groups is 1. The number of benzene rings is 1. The molecule has 0 aliphatic heterocycles. The molecule has 0 spiro atoms. The fraction of sp³-hybridized carbons (Fsp3) is 0.500. The maximum atomic E-state index is 12.3. The van der Waals surface area contributed by atoms with Crippen molar-refractivity contribution >= 4 is 5.91 Å². The summed E-state index contributed by atoms with van der Waals surface area (Å²) < 4.78 is 0. The van der Waals surface area contributed by atoms with Gasteiger partial charge in [-0.25, -0.2) is 0 Å². The first-order chi connectivity index (χ1) is 9.20. The van der Waals surface area contributed by atoms with Crippen LogP contribution in [0.1, 0.15) is 60.0 Å². The van der Waals surface area contributed by atoms with Gasteiger partial charge in [-0.1, -0.05) is 25.7 Å². The van der Waals surface area contributed by atoms with Gasteiger partial charge < -0.3 is 5.32 Å². The number of nitriles is 1. The second-order valence-electron chi connectivity index (χ2n) is 5.30. The van der Waals surface area contributed by atoms with E-state index in [2.05, 4.69) is 11.4 Å². The summed E-state index contributed by atoms with van der Waals surface area (Å²) in [5.41, 5.74) is 2.15. The van der Waals surface area contributed by atoms with Crippen molar-refractivity contribution in [2.24, 2.45) is 0 Å². The molecule has 1 N–H and O–H groups in total. The van der Waals surface area contributed by atoms with Gasteiger partial charge in [0, 0.05) is 11.6 Å². The van der Waals surface area contributed by atoms with E-state index >= 15 is 0 Å². The Morgan fingerprint density at radius 3 is 2.53 bits per heavy atom. The first-order valence-corrected chi connectivity index (χ1v) is 7.02. The van der Waals surface area contributed by atoms with Crippen molar-refractivity contribution in [1.82, 2.24) is 5.32 Å². The number of aryl methyl sites for hydroxylation is 1. The zero-order valence-corrected chi connectivity index (χ0v) is 11.4. The van der Waals surface area contributed by atoms with E-state index in [0.717, 1.165) is 18.4 Å². The van der Waals surface area contributed by atoms with E-state index in [1.54, 1.807) is 18.2 Å². The molecular weight excluding hydrogens is 236 g/mol. The summed E-state index contributed by atoms with van der Waals surface area (Å²) in [5.74, 6) is -0.00566. The molecule has 0 aromatic heterocycles. The molecule has 1 aromatic carbocycles. The third-order valence-electron chi connectivity index (χ3n) is 3.79. The van der Waals surface area contributed by atoms with E-state index in [1.165, 1.54) is 25.7 Å². The SMILES string of the molecule is Cc1cc(C#N)ccc1C(=O)NC1CCCCCC1. The summed E-state index contributed by atoms with van der Waals surface area (Å²) in [6, 6.07) is 7.62. The number of nitrogens with zero attached hydrogens (tertiary/aromatic N) is 1. The molecule has 2 rings (SSSR count). The van der Waals surface area contributed by atoms with Gasteiger partial charge in [-0.2, -0.15) is 5.26 Å². The number of carbonyl (C=O) groups excluding carboxylic acids is 1. The van der Waals surface area contributed by atoms with E-state index < -0.39 is 0 Å². The van der Waals surface area contributed by atoms with Crippen LogP contribution in [-0.2, 0) is 0 Å². The molecule has 0 atom stereocenters. The van der Waals surface area contributed by atoms with Gasteiger partial charge in [-0.15, -0.1) is 0 Å². The lowest BCUT2D eigenvalue weighted by molar-refractivity contribution is 0.0933. The Labute approximate surface area is 114 Å². The van der Waals surface area contributed by atoms with E-state index in [-0.39, 0.29) is 5.91 Å². The molecule has 1 aliphatic carbocycles. The zero-order chi connectivity index (χ0) is 13.7. The van der Waals surface area contributed by atoms with Crippen molar-refractivity contribution in [2.75, 3.05) is 0 Å². The summed E-state index contributed by atoms with van der Waals surface area (Å²) in [6.45, 7) is 1.88. The lowest BCUT2D eigenvalue weighted by Crippen LogP contribution is -2.34. The largest absolute Gasteiger partial charge is 0.349 e. The van der Waals surface area contributed by atoms with Gasteiger partial charge in [0.2, 0.25) is 0 Å². The zero-order valence-electron chi connectivity index (χ0n) is 11.4. The molecule has 0 bridgehead atoms. The predicted octanol–water partition coefficient (Wildman–Crippen LogP) is 3.32. The molecule has 1 aliphatic rings. The second kappa shape index (κ2) is 6.38. The minimum Gasteiger partial charge on any atom is -0.349 e. The minimum absolute atomic E-state index is 0.00566. The van der Waals surface area contributed by atoms with Crippen LogP contribution < -0.4 is 5.32 Å². The van der Waals surface area contributed by atoms with Crippen molar-refractivity contribution in [2.45, 2.75) is 51.5 Å². The predicted molar refractivity (Wildman–Crippen MR) is 74.9 cm³/mol. The molecule has 0 saturated heterocycles. The Morgan fingerprint density at radius 1 is 1.26 bits per heavy atom. The van der Waals surface area contributed by atoms with E-state index in [9.17, 15) is 4.79 Å². The highest BCUT2D eigenvalue weighted by Crippen LogP contribution is 2.18. The van der Waals surface area contributed by atoms with E-state index in [4.69, 9.17) is 5.26 Å². The van der Waals surface area contributed by atoms with Gasteiger partial charge in [0.15, 0.2) is 0 Å². The van der Waals surface area contributed by atoms with E-state index in [1.807, 2.05) is 6.92 Å². The molecule has 100 valence electrons. The van der Waals surface area contributed by atoms with Crippen molar-refractivity contribution in [3.8, 4) is 6.07 Å². The third-order valence-corrected chi connectivity index (χ3v) is 3.79. The van der Waals surface area contributed by atoms with Crippen molar-refractivity contribution in [3.63, 3.8) is 0 Å². The quantitative estimate of drug-likeness (QED) is 0.825. The number of hydrogen-bond acceptors (Lipinski definition) is 2. The van der Waals surface area contributed by atoms with Crippen LogP contribution in [0.4, 0.5) is 0 Å². The van der Waals surface area contributed by atoms with Gasteiger partial charge in [0.05, 0.1) is 11.6 Å². The molecule has 19 heavy (non-hydrogen) atoms. The molecule has 1 amide bonds. The Hall–Kier alpha value is -1.82. The van der Waals surface area contributed by atoms with Crippen molar-refractivity contribution in [1.29, 1.82) is 5.26 Å². The summed E-state index contributed by atoms with van der Waals surface area (Å²) in [6.07, 6.45) is 7.14. The number of rotatable bonds is 2. The van der Waals surface area contributed by atoms with Crippen molar-refractivity contribution < 1.29 is 4.79 Å². The van der Waals surface area contributed by atoms with Gasteiger partial charge in [0.25, 0.3) is 5.91 Å². The summed E-state index contributed by atoms with van der Waals surface area (Å²) in [7, 11) is 0. The fourth-order valence-electron chi connectivity index (χ4n) is 2.67. The van der Waals surface area contributed by atoms with Crippen molar-refractivity contribution in [3.05, 3.63) is 34.9 Å². The summed E-state index contributed by atoms with van der Waals surface area (Å²) >= 11 is 0. The van der Waals surface area contributed by atoms with Gasteiger partial charge in [0.1, 0.15) is 0 Å². The first-order valence-electron chi connectivity index (χ1n) is 7.02. The monoisotopic (exact) mass is 256 g/mol. The minimum atomic E-state index is -0.00566. The van der Waals surface area contributed by atoms with Crippen LogP contribution in [0.3, 0.4) is 0 Å². The molecule has 3 nitrogen and oxygen atoms in total.